The van der Waals surface area contributed by atoms with Crippen LogP contribution < -0.4 is 0 Å². The molecule has 2 atom stereocenters. The summed E-state index contributed by atoms with van der Waals surface area (Å²) in [5, 5.41) is 13.4. The molecule has 0 fully saturated rings. The zero-order valence-corrected chi connectivity index (χ0v) is 10.5. The van der Waals surface area contributed by atoms with Crippen molar-refractivity contribution in [3.8, 4) is 0 Å². The summed E-state index contributed by atoms with van der Waals surface area (Å²) in [6.07, 6.45) is 2.98. The first-order chi connectivity index (χ1) is 8.00. The molecule has 0 bridgehead atoms. The molecule has 0 saturated carbocycles. The summed E-state index contributed by atoms with van der Waals surface area (Å²) in [6.45, 7) is 5.46. The van der Waals surface area contributed by atoms with Gasteiger partial charge in [0.05, 0.1) is 18.2 Å². The first-order valence-electron chi connectivity index (χ1n) is 5.60. The number of aliphatic hydroxyl groups is 1. The molecule has 0 unspecified atom stereocenters. The van der Waals surface area contributed by atoms with Gasteiger partial charge in [-0.05, 0) is 25.8 Å². The van der Waals surface area contributed by atoms with Gasteiger partial charge in [-0.2, -0.15) is 0 Å². The second-order valence-corrected chi connectivity index (χ2v) is 3.81. The second-order valence-electron chi connectivity index (χ2n) is 3.81. The number of rotatable bonds is 7. The minimum absolute atomic E-state index is 0.277. The molecule has 0 saturated heterocycles. The van der Waals surface area contributed by atoms with Crippen molar-refractivity contribution < 1.29 is 14.6 Å². The van der Waals surface area contributed by atoms with Crippen LogP contribution in [0.2, 0.25) is 0 Å². The van der Waals surface area contributed by atoms with Gasteiger partial charge in [-0.1, -0.05) is 24.5 Å². The van der Waals surface area contributed by atoms with Crippen molar-refractivity contribution >= 4 is 5.97 Å². The van der Waals surface area contributed by atoms with Gasteiger partial charge < -0.3 is 9.84 Å². The fourth-order valence-electron chi connectivity index (χ4n) is 1.30. The number of nitrogens with zero attached hydrogens (tertiary/aromatic N) is 3. The number of ether oxygens (including phenoxy) is 1. The lowest BCUT2D eigenvalue weighted by Crippen LogP contribution is -2.35. The van der Waals surface area contributed by atoms with Crippen molar-refractivity contribution in [2.24, 2.45) is 5.11 Å². The Hall–Kier alpha value is -1.52. The van der Waals surface area contributed by atoms with E-state index in [9.17, 15) is 9.90 Å². The molecule has 0 aromatic carbocycles. The molecule has 17 heavy (non-hydrogen) atoms. The predicted molar refractivity (Wildman–Crippen MR) is 64.2 cm³/mol. The Kier molecular flexibility index (Phi) is 7.02. The lowest BCUT2D eigenvalue weighted by Gasteiger charge is -2.25. The number of azide groups is 1. The molecule has 0 heterocycles. The molecule has 0 aromatic heterocycles. The second kappa shape index (κ2) is 7.70. The van der Waals surface area contributed by atoms with E-state index >= 15 is 0 Å². The van der Waals surface area contributed by atoms with Gasteiger partial charge in [-0.15, -0.1) is 0 Å². The Balaban J connectivity index is 4.83. The van der Waals surface area contributed by atoms with Gasteiger partial charge >= 0.3 is 5.97 Å². The van der Waals surface area contributed by atoms with Gasteiger partial charge in [0.1, 0.15) is 0 Å². The fourth-order valence-corrected chi connectivity index (χ4v) is 1.30. The van der Waals surface area contributed by atoms with E-state index in [0.717, 1.165) is 6.42 Å². The van der Waals surface area contributed by atoms with Crippen LogP contribution in [0.15, 0.2) is 17.3 Å². The van der Waals surface area contributed by atoms with E-state index in [0.29, 0.717) is 6.42 Å². The maximum atomic E-state index is 11.1. The lowest BCUT2D eigenvalue weighted by atomic mass is 9.92. The summed E-state index contributed by atoms with van der Waals surface area (Å²) < 4.78 is 4.71. The first kappa shape index (κ1) is 15.5. The topological polar surface area (TPSA) is 95.3 Å². The summed E-state index contributed by atoms with van der Waals surface area (Å²) in [7, 11) is 0. The highest BCUT2D eigenvalue weighted by Crippen LogP contribution is 2.21. The van der Waals surface area contributed by atoms with Crippen LogP contribution in [0, 0.1) is 0 Å². The van der Waals surface area contributed by atoms with Gasteiger partial charge in [0, 0.05) is 11.0 Å². The third-order valence-electron chi connectivity index (χ3n) is 2.34. The Morgan fingerprint density at radius 2 is 2.29 bits per heavy atom. The zero-order valence-electron chi connectivity index (χ0n) is 10.5. The molecule has 0 aliphatic carbocycles. The summed E-state index contributed by atoms with van der Waals surface area (Å²) in [4.78, 5) is 13.8. The molecule has 6 nitrogen and oxygen atoms in total. The van der Waals surface area contributed by atoms with Crippen LogP contribution in [-0.2, 0) is 9.53 Å². The van der Waals surface area contributed by atoms with Crippen molar-refractivity contribution in [1.82, 2.24) is 0 Å². The zero-order chi connectivity index (χ0) is 13.3. The highest BCUT2D eigenvalue weighted by Gasteiger charge is 2.28. The molecule has 6 heteroatoms. The van der Waals surface area contributed by atoms with Gasteiger partial charge in [-0.25, -0.2) is 4.79 Å². The summed E-state index contributed by atoms with van der Waals surface area (Å²) in [5.41, 5.74) is 7.36. The van der Waals surface area contributed by atoms with Crippen molar-refractivity contribution in [3.05, 3.63) is 22.6 Å². The molecule has 0 amide bonds. The smallest absolute Gasteiger partial charge is 0.330 e. The van der Waals surface area contributed by atoms with Crippen molar-refractivity contribution in [1.29, 1.82) is 0 Å². The molecule has 0 radical (unpaired) electrons. The Bertz CT molecular complexity index is 324. The Morgan fingerprint density at radius 1 is 1.65 bits per heavy atom. The largest absolute Gasteiger partial charge is 0.463 e. The average molecular weight is 241 g/mol. The number of carbonyl (C=O) groups is 1. The Labute approximate surface area is 101 Å². The molecular formula is C11H19N3O3. The van der Waals surface area contributed by atoms with Crippen molar-refractivity contribution in [3.63, 3.8) is 0 Å². The molecule has 0 rings (SSSR count). The molecule has 0 aromatic rings. The number of aliphatic hydroxyl groups excluding tert-OH is 1. The molecule has 0 aliphatic heterocycles. The van der Waals surface area contributed by atoms with Crippen LogP contribution >= 0.6 is 0 Å². The third-order valence-corrected chi connectivity index (χ3v) is 2.34. The lowest BCUT2D eigenvalue weighted by molar-refractivity contribution is -0.137. The standard InChI is InChI=1S/C11H19N3O3/c1-4-6-9(15)11(3,13-14-12)8-7-10(16)17-5-2/h7-9,15H,4-6H2,1-3H3/b8-7+/t9-,11-/m1/s1. The van der Waals surface area contributed by atoms with Gasteiger partial charge in [0.15, 0.2) is 0 Å². The number of hydrogen-bond donors (Lipinski definition) is 1. The van der Waals surface area contributed by atoms with Crippen molar-refractivity contribution in [2.45, 2.75) is 45.3 Å². The monoisotopic (exact) mass is 241 g/mol. The normalized spacial score (nSPS) is 16.0. The highest BCUT2D eigenvalue weighted by atomic mass is 16.5. The van der Waals surface area contributed by atoms with Crippen LogP contribution in [0.1, 0.15) is 33.6 Å². The van der Waals surface area contributed by atoms with Crippen LogP contribution in [0.5, 0.6) is 0 Å². The van der Waals surface area contributed by atoms with Gasteiger partial charge in [-0.3, -0.25) is 0 Å². The maximum Gasteiger partial charge on any atom is 0.330 e. The van der Waals surface area contributed by atoms with E-state index in [-0.39, 0.29) is 6.61 Å². The molecule has 0 aliphatic rings. The fraction of sp³-hybridized carbons (Fsp3) is 0.727. The Morgan fingerprint density at radius 3 is 2.76 bits per heavy atom. The minimum atomic E-state index is -1.13. The molecular weight excluding hydrogens is 222 g/mol. The quantitative estimate of drug-likeness (QED) is 0.243. The SMILES string of the molecule is CCC[C@@H](O)[C@@](C)(/C=C/C(=O)OCC)N=[N+]=[N-]. The minimum Gasteiger partial charge on any atom is -0.463 e. The maximum absolute atomic E-state index is 11.1. The summed E-state index contributed by atoms with van der Waals surface area (Å²) in [5.74, 6) is -0.518. The van der Waals surface area contributed by atoms with Gasteiger partial charge in [0.2, 0.25) is 0 Å². The van der Waals surface area contributed by atoms with Crippen molar-refractivity contribution in [2.75, 3.05) is 6.61 Å². The van der Waals surface area contributed by atoms with E-state index in [1.165, 1.54) is 12.2 Å². The number of hydrogen-bond acceptors (Lipinski definition) is 4. The van der Waals surface area contributed by atoms with Crippen LogP contribution in [-0.4, -0.2) is 29.3 Å². The van der Waals surface area contributed by atoms with E-state index in [1.807, 2.05) is 6.92 Å². The first-order valence-corrected chi connectivity index (χ1v) is 5.60. The van der Waals surface area contributed by atoms with E-state index in [4.69, 9.17) is 10.3 Å². The average Bonchev–Trinajstić information content (AvgIpc) is 2.27. The van der Waals surface area contributed by atoms with Crippen LogP contribution in [0.25, 0.3) is 10.4 Å². The number of esters is 1. The molecule has 1 N–H and O–H groups in total. The highest BCUT2D eigenvalue weighted by molar-refractivity contribution is 5.82. The summed E-state index contributed by atoms with van der Waals surface area (Å²) in [6, 6.07) is 0. The van der Waals surface area contributed by atoms with Gasteiger partial charge in [0.25, 0.3) is 0 Å². The van der Waals surface area contributed by atoms with Crippen LogP contribution in [0.4, 0.5) is 0 Å². The predicted octanol–water partition coefficient (Wildman–Crippen LogP) is 2.34. The summed E-state index contributed by atoms with van der Waals surface area (Å²) >= 11 is 0. The van der Waals surface area contributed by atoms with E-state index in [2.05, 4.69) is 10.0 Å². The van der Waals surface area contributed by atoms with Crippen LogP contribution in [0.3, 0.4) is 0 Å². The van der Waals surface area contributed by atoms with E-state index in [1.54, 1.807) is 13.8 Å². The molecule has 0 spiro atoms. The van der Waals surface area contributed by atoms with E-state index < -0.39 is 17.6 Å². The third kappa shape index (κ3) is 5.38. The molecule has 96 valence electrons. The number of carbonyl (C=O) groups excluding carboxylic acids is 1.